The molecular formula is C29H40ClN3O5. The van der Waals surface area contributed by atoms with Gasteiger partial charge in [0.2, 0.25) is 11.8 Å². The van der Waals surface area contributed by atoms with Gasteiger partial charge in [0.05, 0.1) is 32.7 Å². The van der Waals surface area contributed by atoms with Gasteiger partial charge < -0.3 is 23.8 Å². The summed E-state index contributed by atoms with van der Waals surface area (Å²) in [5.74, 6) is -0.765. The minimum atomic E-state index is -0.415. The zero-order valence-electron chi connectivity index (χ0n) is 22.6. The summed E-state index contributed by atoms with van der Waals surface area (Å²) >= 11 is 6.41. The summed E-state index contributed by atoms with van der Waals surface area (Å²) in [7, 11) is 1.56. The summed E-state index contributed by atoms with van der Waals surface area (Å²) in [6, 6.07) is 11.9. The third-order valence-electron chi connectivity index (χ3n) is 6.98. The van der Waals surface area contributed by atoms with E-state index in [2.05, 4.69) is 4.57 Å². The lowest BCUT2D eigenvalue weighted by Crippen LogP contribution is -2.48. The van der Waals surface area contributed by atoms with Gasteiger partial charge in [-0.1, -0.05) is 49.1 Å². The number of halogens is 1. The van der Waals surface area contributed by atoms with Gasteiger partial charge in [0.15, 0.2) is 0 Å². The number of amides is 2. The first kappa shape index (κ1) is 29.7. The molecule has 0 unspecified atom stereocenters. The fourth-order valence-corrected chi connectivity index (χ4v) is 5.09. The first-order chi connectivity index (χ1) is 18.4. The fourth-order valence-electron chi connectivity index (χ4n) is 4.89. The number of esters is 1. The molecule has 0 radical (unpaired) electrons. The molecule has 8 nitrogen and oxygen atoms in total. The third kappa shape index (κ3) is 8.88. The van der Waals surface area contributed by atoms with E-state index in [0.717, 1.165) is 36.9 Å². The number of methoxy groups -OCH3 is 1. The minimum absolute atomic E-state index is 0.0000578. The van der Waals surface area contributed by atoms with Gasteiger partial charge in [-0.2, -0.15) is 0 Å². The first-order valence-corrected chi connectivity index (χ1v) is 13.9. The van der Waals surface area contributed by atoms with Gasteiger partial charge in [0, 0.05) is 49.6 Å². The molecule has 0 N–H and O–H groups in total. The number of nitrogens with zero attached hydrogens (tertiary/aromatic N) is 3. The van der Waals surface area contributed by atoms with Crippen molar-refractivity contribution in [1.82, 2.24) is 14.4 Å². The number of benzene rings is 1. The molecule has 0 bridgehead atoms. The van der Waals surface area contributed by atoms with E-state index in [1.54, 1.807) is 14.0 Å². The monoisotopic (exact) mass is 545 g/mol. The Balaban J connectivity index is 1.75. The van der Waals surface area contributed by atoms with Crippen LogP contribution in [0.2, 0.25) is 5.02 Å². The van der Waals surface area contributed by atoms with Crippen LogP contribution in [0.1, 0.15) is 63.1 Å². The van der Waals surface area contributed by atoms with E-state index in [1.807, 2.05) is 47.5 Å². The number of carbonyl (C=O) groups excluding carboxylic acids is 3. The van der Waals surface area contributed by atoms with Crippen molar-refractivity contribution in [3.8, 4) is 0 Å². The second-order valence-electron chi connectivity index (χ2n) is 9.65. The van der Waals surface area contributed by atoms with Crippen molar-refractivity contribution in [2.45, 2.75) is 71.0 Å². The average molecular weight is 546 g/mol. The Bertz CT molecular complexity index is 1050. The highest BCUT2D eigenvalue weighted by atomic mass is 35.5. The Hall–Kier alpha value is -2.84. The number of ether oxygens (including phenoxy) is 2. The molecule has 38 heavy (non-hydrogen) atoms. The second kappa shape index (κ2) is 15.5. The van der Waals surface area contributed by atoms with Crippen molar-refractivity contribution in [3.63, 3.8) is 0 Å². The zero-order valence-corrected chi connectivity index (χ0v) is 23.3. The quantitative estimate of drug-likeness (QED) is 0.322. The van der Waals surface area contributed by atoms with Crippen LogP contribution in [-0.2, 0) is 36.9 Å². The van der Waals surface area contributed by atoms with Crippen LogP contribution in [0.5, 0.6) is 0 Å². The Morgan fingerprint density at radius 1 is 1.03 bits per heavy atom. The standard InChI is InChI=1S/C29H40ClN3O5/c1-3-38-29(36)16-15-27(34)32(18-19-37-2)22-28(35)33(24-11-5-4-6-12-24)21-25-13-9-17-31(25)20-23-10-7-8-14-26(23)30/h7-10,13-14,17,24H,3-6,11-12,15-16,18-22H2,1-2H3. The molecule has 2 amide bonds. The minimum Gasteiger partial charge on any atom is -0.466 e. The predicted octanol–water partition coefficient (Wildman–Crippen LogP) is 4.67. The molecule has 2 aromatic rings. The first-order valence-electron chi connectivity index (χ1n) is 13.5. The van der Waals surface area contributed by atoms with E-state index >= 15 is 0 Å². The summed E-state index contributed by atoms with van der Waals surface area (Å²) in [4.78, 5) is 42.0. The molecule has 1 aromatic carbocycles. The summed E-state index contributed by atoms with van der Waals surface area (Å²) in [5.41, 5.74) is 2.03. The maximum absolute atomic E-state index is 13.8. The van der Waals surface area contributed by atoms with Crippen molar-refractivity contribution < 1.29 is 23.9 Å². The highest BCUT2D eigenvalue weighted by Crippen LogP contribution is 2.25. The molecule has 1 aromatic heterocycles. The summed E-state index contributed by atoms with van der Waals surface area (Å²) in [6.07, 6.45) is 7.24. The van der Waals surface area contributed by atoms with Crippen LogP contribution in [-0.4, -0.2) is 71.6 Å². The molecule has 1 heterocycles. The number of aromatic nitrogens is 1. The molecular weight excluding hydrogens is 506 g/mol. The van der Waals surface area contributed by atoms with E-state index in [9.17, 15) is 14.4 Å². The lowest BCUT2D eigenvalue weighted by Gasteiger charge is -2.36. The molecule has 0 spiro atoms. The van der Waals surface area contributed by atoms with Crippen LogP contribution in [0.3, 0.4) is 0 Å². The SMILES string of the molecule is CCOC(=O)CCC(=O)N(CCOC)CC(=O)N(Cc1cccn1Cc1ccccc1Cl)C1CCCCC1. The maximum Gasteiger partial charge on any atom is 0.306 e. The lowest BCUT2D eigenvalue weighted by molar-refractivity contribution is -0.147. The molecule has 3 rings (SSSR count). The largest absolute Gasteiger partial charge is 0.466 e. The fraction of sp³-hybridized carbons (Fsp3) is 0.552. The molecule has 1 aliphatic carbocycles. The summed E-state index contributed by atoms with van der Waals surface area (Å²) in [6.45, 7) is 3.61. The van der Waals surface area contributed by atoms with E-state index < -0.39 is 5.97 Å². The zero-order chi connectivity index (χ0) is 27.3. The van der Waals surface area contributed by atoms with E-state index in [0.29, 0.717) is 24.7 Å². The molecule has 1 fully saturated rings. The van der Waals surface area contributed by atoms with Crippen LogP contribution < -0.4 is 0 Å². The average Bonchev–Trinajstić information content (AvgIpc) is 3.36. The smallest absolute Gasteiger partial charge is 0.306 e. The number of hydrogen-bond acceptors (Lipinski definition) is 5. The number of hydrogen-bond donors (Lipinski definition) is 0. The van der Waals surface area contributed by atoms with Crippen molar-refractivity contribution in [3.05, 3.63) is 58.9 Å². The molecule has 9 heteroatoms. The highest BCUT2D eigenvalue weighted by molar-refractivity contribution is 6.31. The molecule has 0 saturated heterocycles. The molecule has 1 saturated carbocycles. The molecule has 208 valence electrons. The van der Waals surface area contributed by atoms with Crippen molar-refractivity contribution >= 4 is 29.4 Å². The molecule has 0 atom stereocenters. The summed E-state index contributed by atoms with van der Waals surface area (Å²) in [5, 5.41) is 0.711. The van der Waals surface area contributed by atoms with Gasteiger partial charge in [-0.05, 0) is 43.5 Å². The normalized spacial score (nSPS) is 13.8. The second-order valence-corrected chi connectivity index (χ2v) is 10.1. The Labute approximate surface area is 230 Å². The Morgan fingerprint density at radius 3 is 2.50 bits per heavy atom. The predicted molar refractivity (Wildman–Crippen MR) is 147 cm³/mol. The van der Waals surface area contributed by atoms with Gasteiger partial charge in [-0.25, -0.2) is 0 Å². The third-order valence-corrected chi connectivity index (χ3v) is 7.35. The van der Waals surface area contributed by atoms with Gasteiger partial charge in [0.1, 0.15) is 0 Å². The van der Waals surface area contributed by atoms with Crippen LogP contribution in [0, 0.1) is 0 Å². The van der Waals surface area contributed by atoms with Crippen LogP contribution in [0.15, 0.2) is 42.6 Å². The van der Waals surface area contributed by atoms with Crippen LogP contribution in [0.4, 0.5) is 0 Å². The van der Waals surface area contributed by atoms with Crippen molar-refractivity contribution in [2.24, 2.45) is 0 Å². The van der Waals surface area contributed by atoms with Gasteiger partial charge >= 0.3 is 5.97 Å². The van der Waals surface area contributed by atoms with E-state index in [-0.39, 0.29) is 50.4 Å². The van der Waals surface area contributed by atoms with Gasteiger partial charge in [-0.3, -0.25) is 14.4 Å². The van der Waals surface area contributed by atoms with Gasteiger partial charge in [0.25, 0.3) is 0 Å². The topological polar surface area (TPSA) is 81.1 Å². The van der Waals surface area contributed by atoms with Crippen LogP contribution >= 0.6 is 11.6 Å². The van der Waals surface area contributed by atoms with Crippen LogP contribution in [0.25, 0.3) is 0 Å². The molecule has 0 aliphatic heterocycles. The number of carbonyl (C=O) groups is 3. The Kier molecular flexibility index (Phi) is 12.2. The number of rotatable bonds is 14. The Morgan fingerprint density at radius 2 is 1.79 bits per heavy atom. The van der Waals surface area contributed by atoms with E-state index in [1.165, 1.54) is 11.3 Å². The van der Waals surface area contributed by atoms with E-state index in [4.69, 9.17) is 21.1 Å². The van der Waals surface area contributed by atoms with Crippen molar-refractivity contribution in [2.75, 3.05) is 33.4 Å². The molecule has 1 aliphatic rings. The highest BCUT2D eigenvalue weighted by Gasteiger charge is 2.29. The summed E-state index contributed by atoms with van der Waals surface area (Å²) < 4.78 is 12.3. The lowest BCUT2D eigenvalue weighted by atomic mass is 9.94. The maximum atomic E-state index is 13.8. The van der Waals surface area contributed by atoms with Gasteiger partial charge in [-0.15, -0.1) is 0 Å². The van der Waals surface area contributed by atoms with Crippen molar-refractivity contribution in [1.29, 1.82) is 0 Å².